The lowest BCUT2D eigenvalue weighted by atomic mass is 10.0. The summed E-state index contributed by atoms with van der Waals surface area (Å²) >= 11 is 14.2. The number of rotatable bonds is 3. The fourth-order valence-corrected chi connectivity index (χ4v) is 5.00. The third kappa shape index (κ3) is 2.96. The molecule has 132 valence electrons. The third-order valence-electron chi connectivity index (χ3n) is 4.50. The van der Waals surface area contributed by atoms with Crippen molar-refractivity contribution in [2.75, 3.05) is 0 Å². The monoisotopic (exact) mass is 401 g/mol. The van der Waals surface area contributed by atoms with Crippen LogP contribution in [0.4, 0.5) is 0 Å². The van der Waals surface area contributed by atoms with Crippen LogP contribution in [0.25, 0.3) is 16.6 Å². The molecule has 4 rings (SSSR count). The van der Waals surface area contributed by atoms with Crippen LogP contribution in [-0.2, 0) is 5.75 Å². The Bertz CT molecular complexity index is 1130. The Labute approximate surface area is 166 Å². The smallest absolute Gasteiger partial charge is 0.196 e. The molecule has 6 heteroatoms. The highest BCUT2D eigenvalue weighted by Gasteiger charge is 2.15. The minimum atomic E-state index is 0.638. The number of thioether (sulfide) groups is 1. The maximum Gasteiger partial charge on any atom is 0.196 e. The van der Waals surface area contributed by atoms with E-state index in [1.165, 1.54) is 22.1 Å². The Hall–Kier alpha value is -1.75. The Morgan fingerprint density at radius 3 is 2.42 bits per heavy atom. The molecule has 0 bridgehead atoms. The summed E-state index contributed by atoms with van der Waals surface area (Å²) in [6.07, 6.45) is 0. The summed E-state index contributed by atoms with van der Waals surface area (Å²) in [5.41, 5.74) is 6.60. The normalized spacial score (nSPS) is 11.6. The van der Waals surface area contributed by atoms with Crippen LogP contribution in [0.1, 0.15) is 22.3 Å². The molecule has 0 saturated carbocycles. The molecule has 0 radical (unpaired) electrons. The predicted octanol–water partition coefficient (Wildman–Crippen LogP) is 6.41. The number of pyridine rings is 1. The van der Waals surface area contributed by atoms with Gasteiger partial charge in [0.1, 0.15) is 0 Å². The summed E-state index contributed by atoms with van der Waals surface area (Å²) in [4.78, 5) is 0. The van der Waals surface area contributed by atoms with Gasteiger partial charge in [-0.05, 0) is 61.7 Å². The van der Waals surface area contributed by atoms with E-state index in [9.17, 15) is 0 Å². The van der Waals surface area contributed by atoms with Crippen molar-refractivity contribution in [3.63, 3.8) is 0 Å². The molecule has 4 aromatic rings. The summed E-state index contributed by atoms with van der Waals surface area (Å²) in [5, 5.41) is 12.2. The second-order valence-electron chi connectivity index (χ2n) is 6.47. The number of halogens is 2. The van der Waals surface area contributed by atoms with Crippen molar-refractivity contribution in [2.45, 2.75) is 31.7 Å². The fraction of sp³-hybridized carbons (Fsp3) is 0.200. The molecular weight excluding hydrogens is 385 g/mol. The van der Waals surface area contributed by atoms with E-state index < -0.39 is 0 Å². The molecular formula is C20H17Cl2N3S. The van der Waals surface area contributed by atoms with Gasteiger partial charge in [-0.15, -0.1) is 10.2 Å². The number of hydrogen-bond acceptors (Lipinski definition) is 3. The standard InChI is InChI=1S/C20H17Cl2N3S/c1-11-7-13(3)19-14(8-11)12(2)9-18-23-24-20(25(18)19)26-10-15-16(21)5-4-6-17(15)22/h4-9H,10H2,1-3H3. The fourth-order valence-electron chi connectivity index (χ4n) is 3.31. The lowest BCUT2D eigenvalue weighted by Crippen LogP contribution is -1.97. The first-order valence-electron chi connectivity index (χ1n) is 8.27. The van der Waals surface area contributed by atoms with Crippen molar-refractivity contribution < 1.29 is 0 Å². The summed E-state index contributed by atoms with van der Waals surface area (Å²) in [7, 11) is 0. The molecule has 0 amide bonds. The van der Waals surface area contributed by atoms with Crippen molar-refractivity contribution in [1.82, 2.24) is 14.6 Å². The highest BCUT2D eigenvalue weighted by molar-refractivity contribution is 7.98. The largest absolute Gasteiger partial charge is 0.270 e. The molecule has 0 N–H and O–H groups in total. The van der Waals surface area contributed by atoms with Crippen molar-refractivity contribution >= 4 is 51.5 Å². The molecule has 26 heavy (non-hydrogen) atoms. The SMILES string of the molecule is Cc1cc(C)c2c(c1)c(C)cc1nnc(SCc3c(Cl)cccc3Cl)n12. The molecule has 0 aliphatic carbocycles. The van der Waals surface area contributed by atoms with E-state index in [2.05, 4.69) is 53.6 Å². The highest BCUT2D eigenvalue weighted by Crippen LogP contribution is 2.33. The van der Waals surface area contributed by atoms with Gasteiger partial charge in [-0.1, -0.05) is 52.7 Å². The van der Waals surface area contributed by atoms with Gasteiger partial charge in [0.25, 0.3) is 0 Å². The Balaban J connectivity index is 1.85. The van der Waals surface area contributed by atoms with E-state index in [-0.39, 0.29) is 0 Å². The summed E-state index contributed by atoms with van der Waals surface area (Å²) in [6, 6.07) is 12.1. The van der Waals surface area contributed by atoms with Crippen molar-refractivity contribution in [1.29, 1.82) is 0 Å². The number of aryl methyl sites for hydroxylation is 3. The molecule has 3 nitrogen and oxygen atoms in total. The number of hydrogen-bond donors (Lipinski definition) is 0. The lowest BCUT2D eigenvalue weighted by molar-refractivity contribution is 0.937. The maximum absolute atomic E-state index is 6.31. The highest BCUT2D eigenvalue weighted by atomic mass is 35.5. The van der Waals surface area contributed by atoms with Crippen molar-refractivity contribution in [3.8, 4) is 0 Å². The van der Waals surface area contributed by atoms with Crippen LogP contribution in [0.2, 0.25) is 10.0 Å². The molecule has 0 fully saturated rings. The minimum absolute atomic E-state index is 0.638. The second kappa shape index (κ2) is 6.76. The van der Waals surface area contributed by atoms with Crippen LogP contribution in [0, 0.1) is 20.8 Å². The first-order valence-corrected chi connectivity index (χ1v) is 10.0. The zero-order valence-electron chi connectivity index (χ0n) is 14.7. The molecule has 0 aliphatic heterocycles. The third-order valence-corrected chi connectivity index (χ3v) is 6.17. The quantitative estimate of drug-likeness (QED) is 0.371. The number of fused-ring (bicyclic) bond motifs is 3. The summed E-state index contributed by atoms with van der Waals surface area (Å²) < 4.78 is 2.13. The van der Waals surface area contributed by atoms with E-state index in [4.69, 9.17) is 23.2 Å². The van der Waals surface area contributed by atoms with Gasteiger partial charge in [-0.3, -0.25) is 4.40 Å². The van der Waals surface area contributed by atoms with Gasteiger partial charge in [-0.2, -0.15) is 0 Å². The summed E-state index contributed by atoms with van der Waals surface area (Å²) in [6.45, 7) is 6.37. The van der Waals surface area contributed by atoms with E-state index in [1.807, 2.05) is 18.2 Å². The molecule has 2 aromatic carbocycles. The molecule has 0 saturated heterocycles. The molecule has 0 aliphatic rings. The van der Waals surface area contributed by atoms with E-state index >= 15 is 0 Å². The van der Waals surface area contributed by atoms with Gasteiger partial charge in [0.05, 0.1) is 5.52 Å². The average Bonchev–Trinajstić information content (AvgIpc) is 2.97. The van der Waals surface area contributed by atoms with Crippen LogP contribution >= 0.6 is 35.0 Å². The van der Waals surface area contributed by atoms with Gasteiger partial charge in [0.2, 0.25) is 0 Å². The Morgan fingerprint density at radius 1 is 0.962 bits per heavy atom. The molecule has 2 aromatic heterocycles. The van der Waals surface area contributed by atoms with Crippen molar-refractivity contribution in [3.05, 3.63) is 68.7 Å². The average molecular weight is 402 g/mol. The topological polar surface area (TPSA) is 30.2 Å². The predicted molar refractivity (Wildman–Crippen MR) is 111 cm³/mol. The van der Waals surface area contributed by atoms with Gasteiger partial charge >= 0.3 is 0 Å². The first kappa shape index (κ1) is 17.7. The molecule has 0 atom stereocenters. The van der Waals surface area contributed by atoms with Crippen LogP contribution in [0.5, 0.6) is 0 Å². The van der Waals surface area contributed by atoms with Crippen molar-refractivity contribution in [2.24, 2.45) is 0 Å². The number of aromatic nitrogens is 3. The minimum Gasteiger partial charge on any atom is -0.270 e. The van der Waals surface area contributed by atoms with Gasteiger partial charge in [-0.25, -0.2) is 0 Å². The zero-order valence-corrected chi connectivity index (χ0v) is 17.0. The second-order valence-corrected chi connectivity index (χ2v) is 8.23. The van der Waals surface area contributed by atoms with Gasteiger partial charge in [0, 0.05) is 21.2 Å². The van der Waals surface area contributed by atoms with E-state index in [1.54, 1.807) is 11.8 Å². The summed E-state index contributed by atoms with van der Waals surface area (Å²) in [5.74, 6) is 0.638. The van der Waals surface area contributed by atoms with E-state index in [0.29, 0.717) is 15.8 Å². The maximum atomic E-state index is 6.31. The van der Waals surface area contributed by atoms with Gasteiger partial charge < -0.3 is 0 Å². The zero-order chi connectivity index (χ0) is 18.4. The Kier molecular flexibility index (Phi) is 4.59. The lowest BCUT2D eigenvalue weighted by Gasteiger charge is -2.12. The van der Waals surface area contributed by atoms with Crippen LogP contribution in [-0.4, -0.2) is 14.6 Å². The Morgan fingerprint density at radius 2 is 1.69 bits per heavy atom. The van der Waals surface area contributed by atoms with Crippen LogP contribution in [0.15, 0.2) is 41.6 Å². The van der Waals surface area contributed by atoms with Gasteiger partial charge in [0.15, 0.2) is 10.8 Å². The molecule has 0 unspecified atom stereocenters. The van der Waals surface area contributed by atoms with E-state index in [0.717, 1.165) is 21.9 Å². The molecule has 0 spiro atoms. The molecule has 2 heterocycles. The number of benzene rings is 2. The van der Waals surface area contributed by atoms with Crippen LogP contribution in [0.3, 0.4) is 0 Å². The number of nitrogens with zero attached hydrogens (tertiary/aromatic N) is 3. The first-order chi connectivity index (χ1) is 12.5. The van der Waals surface area contributed by atoms with Crippen LogP contribution < -0.4 is 0 Å².